The minimum absolute atomic E-state index is 0.00338. The Kier molecular flexibility index (Phi) is 16.3. The molecule has 0 aliphatic carbocycles. The molecule has 0 saturated carbocycles. The van der Waals surface area contributed by atoms with Gasteiger partial charge in [-0.3, -0.25) is 19.2 Å². The number of anilines is 1. The van der Waals surface area contributed by atoms with E-state index in [9.17, 15) is 19.2 Å². The number of amides is 2. The minimum atomic E-state index is -0.638. The number of aromatic nitrogens is 2. The lowest BCUT2D eigenvalue weighted by atomic mass is 10.1. The van der Waals surface area contributed by atoms with Crippen molar-refractivity contribution >= 4 is 92.4 Å². The van der Waals surface area contributed by atoms with E-state index in [1.165, 1.54) is 24.3 Å². The fourth-order valence-corrected chi connectivity index (χ4v) is 5.65. The fraction of sp³-hybridized carbons (Fsp3) is 0.150. The predicted molar refractivity (Wildman–Crippen MR) is 223 cm³/mol. The third-order valence-corrected chi connectivity index (χ3v) is 9.26. The van der Waals surface area contributed by atoms with E-state index in [0.717, 1.165) is 10.8 Å². The molecule has 0 unspecified atom stereocenters. The first-order valence-electron chi connectivity index (χ1n) is 16.7. The predicted octanol–water partition coefficient (Wildman–Crippen LogP) is 11.3. The lowest BCUT2D eigenvalue weighted by molar-refractivity contribution is 0.0988. The van der Waals surface area contributed by atoms with E-state index in [0.29, 0.717) is 72.3 Å². The number of halogens is 5. The molecular weight excluding hydrogens is 886 g/mol. The van der Waals surface area contributed by atoms with Crippen molar-refractivity contribution in [1.82, 2.24) is 10.3 Å². The van der Waals surface area contributed by atoms with Gasteiger partial charge in [-0.2, -0.15) is 0 Å². The van der Waals surface area contributed by atoms with Crippen LogP contribution in [0.4, 0.5) is 5.69 Å². The number of rotatable bonds is 11. The summed E-state index contributed by atoms with van der Waals surface area (Å²) in [5.41, 5.74) is 7.97. The van der Waals surface area contributed by atoms with E-state index in [4.69, 9.17) is 70.7 Å². The summed E-state index contributed by atoms with van der Waals surface area (Å²) in [7, 11) is 0. The number of nitrogens with zero attached hydrogens (tertiary/aromatic N) is 2. The number of primary amides is 1. The van der Waals surface area contributed by atoms with Gasteiger partial charge < -0.3 is 29.6 Å². The van der Waals surface area contributed by atoms with Crippen LogP contribution in [0.3, 0.4) is 0 Å². The zero-order valence-corrected chi connectivity index (χ0v) is 35.1. The van der Waals surface area contributed by atoms with Crippen LogP contribution >= 0.6 is 62.3 Å². The maximum Gasteiger partial charge on any atom is 0.277 e. The standard InChI is InChI=1S/C20H16Cl2N2O4.C13H13ClN2O3.C7H4BrClO/c1-11(2)27-18-6-4-13(8-15(18)22)19-9-17(24-28-19)20(26)23-16-5-3-12(10-25)7-14(16)21;1-7(2)18-11-4-3-8(5-9(11)14)12-6-10(13(15)17)16-19-12;8-6-2-1-5(4-10)3-7(6)9/h3-11H,1-2H3,(H,23,26);3-7H,1-2H3,(H2,15,17);1-4H. The summed E-state index contributed by atoms with van der Waals surface area (Å²) < 4.78 is 22.2. The average Bonchev–Trinajstić information content (AvgIpc) is 3.87. The quantitative estimate of drug-likeness (QED) is 0.119. The molecule has 17 heteroatoms. The number of carbonyl (C=O) groups is 4. The molecule has 3 N–H and O–H groups in total. The van der Waals surface area contributed by atoms with Crippen molar-refractivity contribution in [3.63, 3.8) is 0 Å². The molecule has 0 radical (unpaired) electrons. The second-order valence-corrected chi connectivity index (χ2v) is 14.7. The maximum atomic E-state index is 12.4. The molecule has 2 amide bonds. The molecule has 2 heterocycles. The molecule has 6 rings (SSSR count). The van der Waals surface area contributed by atoms with Gasteiger partial charge in [0.15, 0.2) is 22.9 Å². The summed E-state index contributed by atoms with van der Waals surface area (Å²) in [6, 6.07) is 22.9. The van der Waals surface area contributed by atoms with Crippen LogP contribution in [0.5, 0.6) is 11.5 Å². The van der Waals surface area contributed by atoms with Crippen molar-refractivity contribution in [2.45, 2.75) is 39.9 Å². The molecule has 0 spiro atoms. The highest BCUT2D eigenvalue weighted by atomic mass is 79.9. The number of benzene rings is 4. The summed E-state index contributed by atoms with van der Waals surface area (Å²) in [6.45, 7) is 7.65. The molecular formula is C40H33BrCl4N4O8. The fourth-order valence-electron chi connectivity index (χ4n) is 4.53. The highest BCUT2D eigenvalue weighted by Gasteiger charge is 2.17. The van der Waals surface area contributed by atoms with E-state index in [1.807, 2.05) is 27.7 Å². The molecule has 296 valence electrons. The SMILES string of the molecule is CC(C)Oc1ccc(-c2cc(C(=O)Nc3ccc(C=O)cc3Cl)no2)cc1Cl.CC(C)Oc1ccc(-c2cc(C(N)=O)no2)cc1Cl.O=Cc1ccc(Br)c(Cl)c1. The van der Waals surface area contributed by atoms with Crippen molar-refractivity contribution in [1.29, 1.82) is 0 Å². The van der Waals surface area contributed by atoms with Crippen molar-refractivity contribution in [2.24, 2.45) is 5.73 Å². The van der Waals surface area contributed by atoms with Gasteiger partial charge in [0.2, 0.25) is 0 Å². The van der Waals surface area contributed by atoms with Crippen LogP contribution in [-0.2, 0) is 0 Å². The van der Waals surface area contributed by atoms with Crippen molar-refractivity contribution < 1.29 is 37.7 Å². The Morgan fingerprint density at radius 3 is 1.56 bits per heavy atom. The zero-order valence-electron chi connectivity index (χ0n) is 30.5. The molecule has 57 heavy (non-hydrogen) atoms. The zero-order chi connectivity index (χ0) is 41.8. The van der Waals surface area contributed by atoms with Crippen LogP contribution in [0, 0.1) is 0 Å². The smallest absolute Gasteiger partial charge is 0.277 e. The van der Waals surface area contributed by atoms with E-state index >= 15 is 0 Å². The molecule has 0 atom stereocenters. The number of aldehydes is 2. The molecule has 0 aliphatic rings. The third-order valence-electron chi connectivity index (χ3n) is 7.12. The van der Waals surface area contributed by atoms with Gasteiger partial charge in [0, 0.05) is 38.9 Å². The number of carbonyl (C=O) groups excluding carboxylic acids is 4. The van der Waals surface area contributed by atoms with Crippen LogP contribution in [0.1, 0.15) is 69.4 Å². The molecule has 4 aromatic carbocycles. The Morgan fingerprint density at radius 1 is 0.667 bits per heavy atom. The van der Waals surface area contributed by atoms with Crippen molar-refractivity contribution in [3.8, 4) is 34.1 Å². The first-order valence-corrected chi connectivity index (χ1v) is 19.0. The number of nitrogens with two attached hydrogens (primary N) is 1. The van der Waals surface area contributed by atoms with E-state index in [1.54, 1.807) is 60.7 Å². The minimum Gasteiger partial charge on any atom is -0.489 e. The van der Waals surface area contributed by atoms with Crippen LogP contribution < -0.4 is 20.5 Å². The van der Waals surface area contributed by atoms with Gasteiger partial charge in [-0.15, -0.1) is 0 Å². The first-order chi connectivity index (χ1) is 27.1. The van der Waals surface area contributed by atoms with Gasteiger partial charge in [-0.25, -0.2) is 0 Å². The van der Waals surface area contributed by atoms with Crippen LogP contribution in [0.2, 0.25) is 20.1 Å². The Hall–Kier alpha value is -5.18. The van der Waals surface area contributed by atoms with Crippen LogP contribution in [-0.4, -0.2) is 46.9 Å². The topological polar surface area (TPSA) is 177 Å². The average molecular weight is 919 g/mol. The van der Waals surface area contributed by atoms with Gasteiger partial charge in [0.1, 0.15) is 24.1 Å². The Labute approximate surface area is 355 Å². The largest absolute Gasteiger partial charge is 0.489 e. The van der Waals surface area contributed by atoms with Crippen molar-refractivity contribution in [3.05, 3.63) is 132 Å². The van der Waals surface area contributed by atoms with Gasteiger partial charge in [0.05, 0.1) is 38.0 Å². The second-order valence-electron chi connectivity index (χ2n) is 12.2. The Balaban J connectivity index is 0.000000213. The summed E-state index contributed by atoms with van der Waals surface area (Å²) in [6.07, 6.45) is 1.47. The molecule has 12 nitrogen and oxygen atoms in total. The van der Waals surface area contributed by atoms with Crippen LogP contribution in [0.25, 0.3) is 22.6 Å². The number of hydrogen-bond donors (Lipinski definition) is 2. The van der Waals surface area contributed by atoms with Gasteiger partial charge in [0.25, 0.3) is 11.8 Å². The Morgan fingerprint density at radius 2 is 1.14 bits per heavy atom. The molecule has 0 bridgehead atoms. The molecule has 2 aromatic heterocycles. The number of nitrogens with one attached hydrogen (secondary N) is 1. The number of ether oxygens (including phenoxy) is 2. The normalized spacial score (nSPS) is 10.5. The Bertz CT molecular complexity index is 2380. The van der Waals surface area contributed by atoms with Crippen LogP contribution in [0.15, 0.2) is 98.4 Å². The highest BCUT2D eigenvalue weighted by Crippen LogP contribution is 2.33. The van der Waals surface area contributed by atoms with Gasteiger partial charge in [-0.05, 0) is 110 Å². The summed E-state index contributed by atoms with van der Waals surface area (Å²) in [4.78, 5) is 44.3. The van der Waals surface area contributed by atoms with Gasteiger partial charge in [-0.1, -0.05) is 62.8 Å². The monoisotopic (exact) mass is 916 g/mol. The van der Waals surface area contributed by atoms with Crippen molar-refractivity contribution in [2.75, 3.05) is 5.32 Å². The van der Waals surface area contributed by atoms with Gasteiger partial charge >= 0.3 is 0 Å². The molecule has 0 aliphatic heterocycles. The van der Waals surface area contributed by atoms with E-state index < -0.39 is 11.8 Å². The summed E-state index contributed by atoms with van der Waals surface area (Å²) >= 11 is 27.3. The molecule has 0 fully saturated rings. The highest BCUT2D eigenvalue weighted by molar-refractivity contribution is 9.10. The molecule has 0 saturated heterocycles. The van der Waals surface area contributed by atoms with E-state index in [-0.39, 0.29) is 28.6 Å². The lowest BCUT2D eigenvalue weighted by Crippen LogP contribution is -2.12. The third kappa shape index (κ3) is 12.9. The summed E-state index contributed by atoms with van der Waals surface area (Å²) in [5.74, 6) is 0.821. The summed E-state index contributed by atoms with van der Waals surface area (Å²) in [5, 5.41) is 11.7. The van der Waals surface area contributed by atoms with E-state index in [2.05, 4.69) is 31.6 Å². The first kappa shape index (κ1) is 44.5. The maximum absolute atomic E-state index is 12.4. The second kappa shape index (κ2) is 20.8. The molecule has 6 aromatic rings. The number of hydrogen-bond acceptors (Lipinski definition) is 10. The lowest BCUT2D eigenvalue weighted by Gasteiger charge is -2.11.